The molecule has 0 spiro atoms. The molecule has 0 aliphatic carbocycles. The Balaban J connectivity index is 1.83. The van der Waals surface area contributed by atoms with Crippen molar-refractivity contribution in [1.82, 2.24) is 14.5 Å². The van der Waals surface area contributed by atoms with Gasteiger partial charge in [-0.1, -0.05) is 0 Å². The van der Waals surface area contributed by atoms with Crippen LogP contribution in [0.25, 0.3) is 10.2 Å². The average molecular weight is 388 g/mol. The number of fused-ring (bicyclic) bond motifs is 2. The number of ether oxygens (including phenoxy) is 1. The van der Waals surface area contributed by atoms with E-state index in [1.165, 1.54) is 11.8 Å². The molecule has 3 heterocycles. The number of aryl methyl sites for hydroxylation is 2. The second kappa shape index (κ2) is 7.48. The van der Waals surface area contributed by atoms with Gasteiger partial charge in [0.05, 0.1) is 17.9 Å². The lowest BCUT2D eigenvalue weighted by atomic mass is 10.2. The minimum Gasteiger partial charge on any atom is -0.448 e. The van der Waals surface area contributed by atoms with E-state index in [2.05, 4.69) is 4.98 Å². The number of hydrogen-bond acceptors (Lipinski definition) is 7. The van der Waals surface area contributed by atoms with Crippen LogP contribution in [0, 0.1) is 18.3 Å². The highest BCUT2D eigenvalue weighted by Crippen LogP contribution is 2.29. The maximum atomic E-state index is 12.7. The lowest BCUT2D eigenvalue weighted by Gasteiger charge is -2.20. The first-order valence-electron chi connectivity index (χ1n) is 8.70. The molecule has 1 aliphatic rings. The van der Waals surface area contributed by atoms with Gasteiger partial charge in [0, 0.05) is 26.6 Å². The smallest absolute Gasteiger partial charge is 0.349 e. The fraction of sp³-hybridized carbons (Fsp3) is 0.500. The molecule has 8 nitrogen and oxygen atoms in total. The van der Waals surface area contributed by atoms with E-state index in [9.17, 15) is 14.4 Å². The number of hydrogen-bond donors (Lipinski definition) is 0. The molecule has 0 bridgehead atoms. The van der Waals surface area contributed by atoms with Crippen molar-refractivity contribution in [1.29, 1.82) is 5.26 Å². The first-order chi connectivity index (χ1) is 12.8. The normalized spacial score (nSPS) is 13.9. The standard InChI is InChI=1S/C18H20N4O4S/c1-10-13-15(20-12-6-4-9-22(12)17(13)24)27-14(10)18(25)26-11(2)16(23)21(3)8-5-7-19/h11H,4-6,8-9H2,1-3H3/t11-/m0/s1. The summed E-state index contributed by atoms with van der Waals surface area (Å²) in [6.07, 6.45) is 0.873. The summed E-state index contributed by atoms with van der Waals surface area (Å²) in [6, 6.07) is 1.97. The van der Waals surface area contributed by atoms with E-state index in [1.54, 1.807) is 18.5 Å². The number of likely N-dealkylation sites (N-methyl/N-ethyl adjacent to an activating group) is 1. The van der Waals surface area contributed by atoms with E-state index in [-0.39, 0.29) is 24.4 Å². The molecule has 0 N–H and O–H groups in total. The number of nitrogens with zero attached hydrogens (tertiary/aromatic N) is 4. The Hall–Kier alpha value is -2.73. The summed E-state index contributed by atoms with van der Waals surface area (Å²) in [6.45, 7) is 4.11. The van der Waals surface area contributed by atoms with Crippen LogP contribution in [0.2, 0.25) is 0 Å². The minimum atomic E-state index is -0.982. The Labute approximate surface area is 160 Å². The predicted molar refractivity (Wildman–Crippen MR) is 99.7 cm³/mol. The van der Waals surface area contributed by atoms with Crippen LogP contribution in [0.15, 0.2) is 4.79 Å². The zero-order chi connectivity index (χ0) is 19.7. The molecule has 0 unspecified atom stereocenters. The molecule has 1 aliphatic heterocycles. The van der Waals surface area contributed by atoms with E-state index in [4.69, 9.17) is 10.00 Å². The molecule has 0 aromatic carbocycles. The number of nitriles is 1. The van der Waals surface area contributed by atoms with E-state index in [1.807, 2.05) is 6.07 Å². The van der Waals surface area contributed by atoms with Gasteiger partial charge in [0.15, 0.2) is 6.10 Å². The van der Waals surface area contributed by atoms with Gasteiger partial charge in [-0.25, -0.2) is 9.78 Å². The van der Waals surface area contributed by atoms with Crippen LogP contribution in [-0.2, 0) is 22.5 Å². The molecular weight excluding hydrogens is 368 g/mol. The third-order valence-corrected chi connectivity index (χ3v) is 5.83. The number of carbonyl (C=O) groups is 2. The maximum absolute atomic E-state index is 12.7. The molecule has 0 fully saturated rings. The van der Waals surface area contributed by atoms with E-state index in [0.29, 0.717) is 27.2 Å². The summed E-state index contributed by atoms with van der Waals surface area (Å²) in [5, 5.41) is 9.05. The second-order valence-corrected chi connectivity index (χ2v) is 7.54. The predicted octanol–water partition coefficient (Wildman–Crippen LogP) is 1.63. The third-order valence-electron chi connectivity index (χ3n) is 4.66. The molecule has 9 heteroatoms. The average Bonchev–Trinajstić information content (AvgIpc) is 3.24. The van der Waals surface area contributed by atoms with Crippen molar-refractivity contribution in [3.63, 3.8) is 0 Å². The monoisotopic (exact) mass is 388 g/mol. The number of aromatic nitrogens is 2. The van der Waals surface area contributed by atoms with Crippen LogP contribution in [0.4, 0.5) is 0 Å². The Morgan fingerprint density at radius 3 is 2.93 bits per heavy atom. The van der Waals surface area contributed by atoms with Crippen molar-refractivity contribution in [3.05, 3.63) is 26.6 Å². The summed E-state index contributed by atoms with van der Waals surface area (Å²) in [4.78, 5) is 44.2. The van der Waals surface area contributed by atoms with Gasteiger partial charge in [-0.15, -0.1) is 11.3 Å². The molecule has 142 valence electrons. The number of esters is 1. The molecule has 0 saturated heterocycles. The molecule has 27 heavy (non-hydrogen) atoms. The fourth-order valence-electron chi connectivity index (χ4n) is 3.17. The molecular formula is C18H20N4O4S. The second-order valence-electron chi connectivity index (χ2n) is 6.54. The topological polar surface area (TPSA) is 105 Å². The van der Waals surface area contributed by atoms with Crippen molar-refractivity contribution >= 4 is 33.4 Å². The minimum absolute atomic E-state index is 0.124. The third kappa shape index (κ3) is 3.45. The van der Waals surface area contributed by atoms with Crippen LogP contribution >= 0.6 is 11.3 Å². The summed E-state index contributed by atoms with van der Waals surface area (Å²) >= 11 is 1.12. The van der Waals surface area contributed by atoms with Crippen molar-refractivity contribution in [2.75, 3.05) is 13.6 Å². The fourth-order valence-corrected chi connectivity index (χ4v) is 4.25. The number of rotatable bonds is 5. The zero-order valence-electron chi connectivity index (χ0n) is 15.4. The van der Waals surface area contributed by atoms with Crippen LogP contribution in [0.5, 0.6) is 0 Å². The number of thiophene rings is 1. The maximum Gasteiger partial charge on any atom is 0.349 e. The summed E-state index contributed by atoms with van der Waals surface area (Å²) < 4.78 is 6.97. The highest BCUT2D eigenvalue weighted by molar-refractivity contribution is 7.20. The molecule has 1 amide bonds. The van der Waals surface area contributed by atoms with Crippen molar-refractivity contribution in [2.45, 2.75) is 45.8 Å². The largest absolute Gasteiger partial charge is 0.448 e. The van der Waals surface area contributed by atoms with Crippen molar-refractivity contribution in [2.24, 2.45) is 0 Å². The van der Waals surface area contributed by atoms with E-state index < -0.39 is 12.1 Å². The lowest BCUT2D eigenvalue weighted by Crippen LogP contribution is -2.37. The lowest BCUT2D eigenvalue weighted by molar-refractivity contribution is -0.138. The van der Waals surface area contributed by atoms with Gasteiger partial charge in [-0.3, -0.25) is 14.2 Å². The molecule has 2 aromatic heterocycles. The summed E-state index contributed by atoms with van der Waals surface area (Å²) in [5.41, 5.74) is 0.415. The molecule has 0 radical (unpaired) electrons. The van der Waals surface area contributed by atoms with Gasteiger partial charge >= 0.3 is 5.97 Å². The van der Waals surface area contributed by atoms with Crippen LogP contribution in [-0.4, -0.2) is 46.0 Å². The van der Waals surface area contributed by atoms with Gasteiger partial charge in [-0.2, -0.15) is 5.26 Å². The van der Waals surface area contributed by atoms with Crippen molar-refractivity contribution in [3.8, 4) is 6.07 Å². The number of amides is 1. The van der Waals surface area contributed by atoms with Gasteiger partial charge < -0.3 is 9.64 Å². The number of carbonyl (C=O) groups excluding carboxylic acids is 2. The molecule has 2 aromatic rings. The molecule has 0 saturated carbocycles. The Morgan fingerprint density at radius 2 is 2.22 bits per heavy atom. The van der Waals surface area contributed by atoms with Gasteiger partial charge in [-0.05, 0) is 25.8 Å². The Morgan fingerprint density at radius 1 is 1.48 bits per heavy atom. The van der Waals surface area contributed by atoms with E-state index >= 15 is 0 Å². The highest BCUT2D eigenvalue weighted by atomic mass is 32.1. The molecule has 3 rings (SSSR count). The Kier molecular flexibility index (Phi) is 5.28. The Bertz CT molecular complexity index is 1020. The SMILES string of the molecule is Cc1c(C(=O)O[C@@H](C)C(=O)N(C)CCC#N)sc2nc3n(c(=O)c12)CCC3. The van der Waals surface area contributed by atoms with Crippen molar-refractivity contribution < 1.29 is 14.3 Å². The molecule has 1 atom stereocenters. The van der Waals surface area contributed by atoms with Crippen LogP contribution < -0.4 is 5.56 Å². The van der Waals surface area contributed by atoms with Crippen LogP contribution in [0.3, 0.4) is 0 Å². The van der Waals surface area contributed by atoms with E-state index in [0.717, 1.165) is 30.0 Å². The summed E-state index contributed by atoms with van der Waals surface area (Å²) in [5.74, 6) is -0.277. The first kappa shape index (κ1) is 19.0. The zero-order valence-corrected chi connectivity index (χ0v) is 16.3. The van der Waals surface area contributed by atoms with Gasteiger partial charge in [0.25, 0.3) is 11.5 Å². The van der Waals surface area contributed by atoms with Crippen LogP contribution in [0.1, 0.15) is 40.8 Å². The summed E-state index contributed by atoms with van der Waals surface area (Å²) in [7, 11) is 1.56. The van der Waals surface area contributed by atoms with Gasteiger partial charge in [0.2, 0.25) is 0 Å². The highest BCUT2D eigenvalue weighted by Gasteiger charge is 2.27. The van der Waals surface area contributed by atoms with Gasteiger partial charge in [0.1, 0.15) is 15.5 Å². The quantitative estimate of drug-likeness (QED) is 0.721. The first-order valence-corrected chi connectivity index (χ1v) is 9.52.